The van der Waals surface area contributed by atoms with Crippen LogP contribution in [0, 0.1) is 10.1 Å². The predicted octanol–water partition coefficient (Wildman–Crippen LogP) is 1.27. The summed E-state index contributed by atoms with van der Waals surface area (Å²) in [4.78, 5) is 20.6. The Morgan fingerprint density at radius 3 is 2.88 bits per heavy atom. The number of amides is 2. The maximum atomic E-state index is 10.6. The first-order valence-electron chi connectivity index (χ1n) is 4.21. The molecule has 0 aromatic heterocycles. The molecule has 0 saturated carbocycles. The van der Waals surface area contributed by atoms with Gasteiger partial charge in [0.2, 0.25) is 0 Å². The van der Waals surface area contributed by atoms with Crippen molar-refractivity contribution in [3.63, 3.8) is 0 Å². The zero-order chi connectivity index (χ0) is 12.8. The highest BCUT2D eigenvalue weighted by Gasteiger charge is 2.11. The number of hydrogen-bond acceptors (Lipinski definition) is 5. The molecule has 1 aromatic carbocycles. The molecule has 1 aromatic rings. The van der Waals surface area contributed by atoms with E-state index in [0.717, 1.165) is 6.21 Å². The second-order valence-electron chi connectivity index (χ2n) is 2.77. The Balaban J connectivity index is 2.92. The molecule has 17 heavy (non-hydrogen) atoms. The van der Waals surface area contributed by atoms with E-state index in [4.69, 9.17) is 16.8 Å². The summed E-state index contributed by atoms with van der Waals surface area (Å²) in [6.07, 6.45) is 1.04. The SMILES string of the molecule is O=C(NO)N/N=C/c1cc(Cl)ccc1[N+](=O)[O-]. The number of hydrazone groups is 1. The maximum absolute atomic E-state index is 10.6. The smallest absolute Gasteiger partial charge is 0.287 e. The normalized spacial score (nSPS) is 10.2. The van der Waals surface area contributed by atoms with E-state index in [0.29, 0.717) is 5.02 Å². The molecule has 0 spiro atoms. The van der Waals surface area contributed by atoms with Gasteiger partial charge in [-0.15, -0.1) is 0 Å². The molecule has 0 atom stereocenters. The Labute approximate surface area is 100.0 Å². The van der Waals surface area contributed by atoms with E-state index in [-0.39, 0.29) is 11.3 Å². The second-order valence-corrected chi connectivity index (χ2v) is 3.21. The number of nitrogens with one attached hydrogen (secondary N) is 2. The van der Waals surface area contributed by atoms with E-state index in [9.17, 15) is 14.9 Å². The van der Waals surface area contributed by atoms with Crippen LogP contribution in [-0.2, 0) is 0 Å². The van der Waals surface area contributed by atoms with E-state index in [2.05, 4.69) is 5.10 Å². The highest BCUT2D eigenvalue weighted by atomic mass is 35.5. The summed E-state index contributed by atoms with van der Waals surface area (Å²) in [6.45, 7) is 0. The van der Waals surface area contributed by atoms with Crippen molar-refractivity contribution in [3.8, 4) is 0 Å². The van der Waals surface area contributed by atoms with E-state index in [1.807, 2.05) is 5.43 Å². The van der Waals surface area contributed by atoms with Crippen LogP contribution in [0.5, 0.6) is 0 Å². The van der Waals surface area contributed by atoms with Gasteiger partial charge in [-0.1, -0.05) is 11.6 Å². The fourth-order valence-electron chi connectivity index (χ4n) is 0.980. The minimum atomic E-state index is -0.967. The summed E-state index contributed by atoms with van der Waals surface area (Å²) in [5, 5.41) is 22.5. The van der Waals surface area contributed by atoms with Crippen LogP contribution in [0.15, 0.2) is 23.3 Å². The third-order valence-corrected chi connectivity index (χ3v) is 1.89. The number of nitrogens with zero attached hydrogens (tertiary/aromatic N) is 2. The Hall–Kier alpha value is -2.19. The molecule has 0 radical (unpaired) electrons. The van der Waals surface area contributed by atoms with Crippen molar-refractivity contribution in [2.75, 3.05) is 0 Å². The molecule has 0 unspecified atom stereocenters. The molecular weight excluding hydrogens is 252 g/mol. The van der Waals surface area contributed by atoms with Crippen LogP contribution in [0.4, 0.5) is 10.5 Å². The Morgan fingerprint density at radius 1 is 1.59 bits per heavy atom. The van der Waals surface area contributed by atoms with Crippen molar-refractivity contribution in [2.24, 2.45) is 5.10 Å². The topological polar surface area (TPSA) is 117 Å². The van der Waals surface area contributed by atoms with E-state index >= 15 is 0 Å². The van der Waals surface area contributed by atoms with Gasteiger partial charge in [0.05, 0.1) is 16.7 Å². The molecule has 0 bridgehead atoms. The van der Waals surface area contributed by atoms with Crippen molar-refractivity contribution < 1.29 is 14.9 Å². The molecule has 0 aliphatic rings. The lowest BCUT2D eigenvalue weighted by Crippen LogP contribution is -2.29. The van der Waals surface area contributed by atoms with Crippen molar-refractivity contribution in [2.45, 2.75) is 0 Å². The highest BCUT2D eigenvalue weighted by molar-refractivity contribution is 6.31. The number of nitro groups is 1. The van der Waals surface area contributed by atoms with Gasteiger partial charge < -0.3 is 0 Å². The molecule has 0 aliphatic carbocycles. The predicted molar refractivity (Wildman–Crippen MR) is 59.2 cm³/mol. The van der Waals surface area contributed by atoms with Crippen LogP contribution in [-0.4, -0.2) is 22.4 Å². The minimum Gasteiger partial charge on any atom is -0.287 e. The summed E-state index contributed by atoms with van der Waals surface area (Å²) in [5.41, 5.74) is 3.07. The molecule has 0 heterocycles. The maximum Gasteiger partial charge on any atom is 0.358 e. The number of benzene rings is 1. The molecule has 90 valence electrons. The number of carbonyl (C=O) groups excluding carboxylic acids is 1. The van der Waals surface area contributed by atoms with Gasteiger partial charge in [0.15, 0.2) is 0 Å². The quantitative estimate of drug-likeness (QED) is 0.327. The van der Waals surface area contributed by atoms with Crippen LogP contribution in [0.3, 0.4) is 0 Å². The molecule has 9 heteroatoms. The standard InChI is InChI=1S/C8H7ClN4O4/c9-6-1-2-7(13(16)17)5(3-6)4-10-11-8(14)12-15/h1-4,15H,(H2,11,12,14)/b10-4+. The number of urea groups is 1. The summed E-state index contributed by atoms with van der Waals surface area (Å²) in [6, 6.07) is 2.94. The van der Waals surface area contributed by atoms with Crippen LogP contribution in [0.1, 0.15) is 5.56 Å². The number of halogens is 1. The largest absolute Gasteiger partial charge is 0.358 e. The third kappa shape index (κ3) is 3.70. The number of rotatable bonds is 3. The van der Waals surface area contributed by atoms with Gasteiger partial charge in [-0.25, -0.2) is 15.7 Å². The fourth-order valence-corrected chi connectivity index (χ4v) is 1.16. The molecule has 0 aliphatic heterocycles. The zero-order valence-corrected chi connectivity index (χ0v) is 9.01. The summed E-state index contributed by atoms with van der Waals surface area (Å²) >= 11 is 5.67. The number of nitro benzene ring substituents is 1. The average molecular weight is 259 g/mol. The van der Waals surface area contributed by atoms with E-state index < -0.39 is 11.0 Å². The van der Waals surface area contributed by atoms with Crippen molar-refractivity contribution in [3.05, 3.63) is 38.9 Å². The first-order chi connectivity index (χ1) is 8.04. The van der Waals surface area contributed by atoms with Crippen molar-refractivity contribution >= 4 is 29.5 Å². The minimum absolute atomic E-state index is 0.126. The lowest BCUT2D eigenvalue weighted by molar-refractivity contribution is -0.385. The Morgan fingerprint density at radius 2 is 2.29 bits per heavy atom. The van der Waals surface area contributed by atoms with Crippen molar-refractivity contribution in [1.29, 1.82) is 0 Å². The molecule has 2 amide bonds. The summed E-state index contributed by atoms with van der Waals surface area (Å²) in [5.74, 6) is 0. The molecule has 0 fully saturated rings. The van der Waals surface area contributed by atoms with E-state index in [1.165, 1.54) is 23.7 Å². The average Bonchev–Trinajstić information content (AvgIpc) is 2.28. The zero-order valence-electron chi connectivity index (χ0n) is 8.25. The lowest BCUT2D eigenvalue weighted by atomic mass is 10.2. The summed E-state index contributed by atoms with van der Waals surface area (Å²) < 4.78 is 0. The van der Waals surface area contributed by atoms with Crippen LogP contribution in [0.2, 0.25) is 5.02 Å². The summed E-state index contributed by atoms with van der Waals surface area (Å²) in [7, 11) is 0. The number of hydrogen-bond donors (Lipinski definition) is 3. The van der Waals surface area contributed by atoms with Crippen LogP contribution in [0.25, 0.3) is 0 Å². The first kappa shape index (κ1) is 12.9. The van der Waals surface area contributed by atoms with Crippen LogP contribution >= 0.6 is 11.6 Å². The molecule has 3 N–H and O–H groups in total. The Bertz CT molecular complexity index is 477. The fraction of sp³-hybridized carbons (Fsp3) is 0. The number of carbonyl (C=O) groups is 1. The van der Waals surface area contributed by atoms with Gasteiger partial charge >= 0.3 is 6.03 Å². The highest BCUT2D eigenvalue weighted by Crippen LogP contribution is 2.20. The molecule has 0 saturated heterocycles. The van der Waals surface area contributed by atoms with Gasteiger partial charge in [0, 0.05) is 11.1 Å². The van der Waals surface area contributed by atoms with Gasteiger partial charge in [0.25, 0.3) is 5.69 Å². The van der Waals surface area contributed by atoms with Crippen molar-refractivity contribution in [1.82, 2.24) is 10.9 Å². The third-order valence-electron chi connectivity index (χ3n) is 1.66. The van der Waals surface area contributed by atoms with Gasteiger partial charge in [-0.05, 0) is 12.1 Å². The van der Waals surface area contributed by atoms with Gasteiger partial charge in [-0.3, -0.25) is 15.3 Å². The second kappa shape index (κ2) is 5.77. The van der Waals surface area contributed by atoms with Gasteiger partial charge in [0.1, 0.15) is 0 Å². The van der Waals surface area contributed by atoms with Crippen LogP contribution < -0.4 is 10.9 Å². The Kier molecular flexibility index (Phi) is 4.37. The lowest BCUT2D eigenvalue weighted by Gasteiger charge is -1.98. The monoisotopic (exact) mass is 258 g/mol. The molecule has 8 nitrogen and oxygen atoms in total. The molecular formula is C8H7ClN4O4. The van der Waals surface area contributed by atoms with Gasteiger partial charge in [-0.2, -0.15) is 5.10 Å². The molecule has 1 rings (SSSR count). The first-order valence-corrected chi connectivity index (χ1v) is 4.59. The van der Waals surface area contributed by atoms with E-state index in [1.54, 1.807) is 0 Å². The number of hydroxylamine groups is 1.